The summed E-state index contributed by atoms with van der Waals surface area (Å²) in [6, 6.07) is 0. The Kier molecular flexibility index (Phi) is 6.35. The first-order valence-electron chi connectivity index (χ1n) is 5.67. The maximum absolute atomic E-state index is 9.76. The molecule has 0 aromatic rings. The van der Waals surface area contributed by atoms with Crippen molar-refractivity contribution in [1.82, 2.24) is 0 Å². The van der Waals surface area contributed by atoms with Crippen molar-refractivity contribution >= 4 is 0 Å². The monoisotopic (exact) mass is 188 g/mol. The lowest BCUT2D eigenvalue weighted by Crippen LogP contribution is -2.51. The molecule has 0 aliphatic rings. The van der Waals surface area contributed by atoms with Crippen LogP contribution in [0.3, 0.4) is 0 Å². The van der Waals surface area contributed by atoms with E-state index in [1.54, 1.807) is 0 Å². The number of aliphatic hydroxyl groups excluding tert-OH is 1. The first-order chi connectivity index (χ1) is 6.14. The zero-order valence-corrected chi connectivity index (χ0v) is 9.71. The van der Waals surface area contributed by atoms with Crippen molar-refractivity contribution in [2.24, 2.45) is 0 Å². The molecule has 13 heavy (non-hydrogen) atoms. The van der Waals surface area contributed by atoms with E-state index in [0.717, 1.165) is 43.5 Å². The van der Waals surface area contributed by atoms with Crippen LogP contribution >= 0.6 is 0 Å². The van der Waals surface area contributed by atoms with Gasteiger partial charge in [0.2, 0.25) is 0 Å². The molecule has 0 aliphatic carbocycles. The van der Waals surface area contributed by atoms with Crippen LogP contribution < -0.4 is 0 Å². The second-order valence-corrected chi connectivity index (χ2v) is 3.92. The lowest BCUT2D eigenvalue weighted by Gasteiger charge is -2.37. The molecule has 2 heteroatoms. The van der Waals surface area contributed by atoms with Crippen LogP contribution in [0, 0.1) is 0 Å². The van der Waals surface area contributed by atoms with Crippen molar-refractivity contribution in [2.45, 2.75) is 46.6 Å². The van der Waals surface area contributed by atoms with E-state index >= 15 is 0 Å². The molecule has 1 N–H and O–H groups in total. The fourth-order valence-corrected chi connectivity index (χ4v) is 1.93. The van der Waals surface area contributed by atoms with Gasteiger partial charge in [-0.1, -0.05) is 13.3 Å². The van der Waals surface area contributed by atoms with Gasteiger partial charge in [-0.05, 0) is 27.2 Å². The second kappa shape index (κ2) is 6.39. The number of likely N-dealkylation sites (N-methyl/N-ethyl adjacent to an activating group) is 1. The van der Waals surface area contributed by atoms with Crippen molar-refractivity contribution in [1.29, 1.82) is 0 Å². The van der Waals surface area contributed by atoms with Gasteiger partial charge in [0, 0.05) is 0 Å². The lowest BCUT2D eigenvalue weighted by molar-refractivity contribution is -0.926. The third-order valence-corrected chi connectivity index (χ3v) is 3.23. The predicted octanol–water partition coefficient (Wildman–Crippen LogP) is 2.02. The number of hydrogen-bond donors (Lipinski definition) is 1. The molecular weight excluding hydrogens is 162 g/mol. The summed E-state index contributed by atoms with van der Waals surface area (Å²) >= 11 is 0. The van der Waals surface area contributed by atoms with Crippen LogP contribution in [-0.4, -0.2) is 41.9 Å². The van der Waals surface area contributed by atoms with Crippen LogP contribution in [0.15, 0.2) is 0 Å². The van der Waals surface area contributed by atoms with Gasteiger partial charge in [0.1, 0.15) is 12.6 Å². The van der Waals surface area contributed by atoms with Gasteiger partial charge in [0.05, 0.1) is 19.6 Å². The zero-order valence-electron chi connectivity index (χ0n) is 9.71. The Morgan fingerprint density at radius 2 is 1.46 bits per heavy atom. The van der Waals surface area contributed by atoms with Crippen molar-refractivity contribution in [3.05, 3.63) is 0 Å². The third kappa shape index (κ3) is 4.10. The largest absolute Gasteiger partial charge is 0.387 e. The molecule has 0 saturated heterocycles. The number of hydrogen-bond acceptors (Lipinski definition) is 1. The number of quaternary nitrogens is 1. The molecule has 0 aromatic heterocycles. The van der Waals surface area contributed by atoms with E-state index in [0.29, 0.717) is 0 Å². The summed E-state index contributed by atoms with van der Waals surface area (Å²) < 4.78 is 1.06. The van der Waals surface area contributed by atoms with Crippen LogP contribution in [0.5, 0.6) is 0 Å². The molecule has 0 amide bonds. The van der Waals surface area contributed by atoms with Gasteiger partial charge in [-0.2, -0.15) is 0 Å². The van der Waals surface area contributed by atoms with E-state index in [4.69, 9.17) is 0 Å². The molecule has 2 nitrogen and oxygen atoms in total. The Hall–Kier alpha value is -0.0800. The molecule has 1 atom stereocenters. The highest BCUT2D eigenvalue weighted by Gasteiger charge is 2.24. The summed E-state index contributed by atoms with van der Waals surface area (Å²) in [6.45, 7) is 13.1. The van der Waals surface area contributed by atoms with Gasteiger partial charge in [-0.25, -0.2) is 0 Å². The highest BCUT2D eigenvalue weighted by atomic mass is 16.3. The fraction of sp³-hybridized carbons (Fsp3) is 1.00. The van der Waals surface area contributed by atoms with E-state index in [1.165, 1.54) is 0 Å². The van der Waals surface area contributed by atoms with Gasteiger partial charge in [0.15, 0.2) is 0 Å². The maximum Gasteiger partial charge on any atom is 0.105 e. The molecule has 0 rings (SSSR count). The van der Waals surface area contributed by atoms with Crippen LogP contribution in [0.1, 0.15) is 40.5 Å². The zero-order chi connectivity index (χ0) is 10.3. The number of rotatable bonds is 7. The molecule has 0 fully saturated rings. The van der Waals surface area contributed by atoms with Gasteiger partial charge in [-0.3, -0.25) is 0 Å². The number of aliphatic hydroxyl groups is 1. The van der Waals surface area contributed by atoms with Gasteiger partial charge >= 0.3 is 0 Å². The molecule has 0 saturated carbocycles. The second-order valence-electron chi connectivity index (χ2n) is 3.92. The molecule has 80 valence electrons. The maximum atomic E-state index is 9.76. The topological polar surface area (TPSA) is 20.2 Å². The highest BCUT2D eigenvalue weighted by Crippen LogP contribution is 2.10. The molecule has 1 unspecified atom stereocenters. The average Bonchev–Trinajstić information content (AvgIpc) is 2.15. The summed E-state index contributed by atoms with van der Waals surface area (Å²) in [5.41, 5.74) is 0. The minimum Gasteiger partial charge on any atom is -0.387 e. The number of nitrogens with zero attached hydrogens (tertiary/aromatic N) is 1. The lowest BCUT2D eigenvalue weighted by atomic mass is 10.1. The summed E-state index contributed by atoms with van der Waals surface area (Å²) in [5.74, 6) is 0. The van der Waals surface area contributed by atoms with Gasteiger partial charge in [-0.15, -0.1) is 0 Å². The summed E-state index contributed by atoms with van der Waals surface area (Å²) in [5, 5.41) is 9.76. The van der Waals surface area contributed by atoms with E-state index in [-0.39, 0.29) is 6.10 Å². The van der Waals surface area contributed by atoms with Crippen LogP contribution in [0.4, 0.5) is 0 Å². The standard InChI is InChI=1S/C11H26NO/c1-5-9-11(13)10-12(6-2,7-3)8-4/h11,13H,5-10H2,1-4H3/q+1. The third-order valence-electron chi connectivity index (χ3n) is 3.23. The molecule has 0 bridgehead atoms. The minimum absolute atomic E-state index is 0.107. The highest BCUT2D eigenvalue weighted by molar-refractivity contribution is 4.53. The van der Waals surface area contributed by atoms with Crippen molar-refractivity contribution in [3.63, 3.8) is 0 Å². The summed E-state index contributed by atoms with van der Waals surface area (Å²) in [6.07, 6.45) is 1.92. The van der Waals surface area contributed by atoms with Crippen molar-refractivity contribution in [2.75, 3.05) is 26.2 Å². The Balaban J connectivity index is 4.07. The predicted molar refractivity (Wildman–Crippen MR) is 57.7 cm³/mol. The molecule has 0 radical (unpaired) electrons. The van der Waals surface area contributed by atoms with E-state index in [9.17, 15) is 5.11 Å². The SMILES string of the molecule is CCCC(O)C[N+](CC)(CC)CC. The Labute approximate surface area is 83.2 Å². The van der Waals surface area contributed by atoms with Gasteiger partial charge < -0.3 is 9.59 Å². The first kappa shape index (κ1) is 12.9. The fourth-order valence-electron chi connectivity index (χ4n) is 1.93. The van der Waals surface area contributed by atoms with Crippen LogP contribution in [0.2, 0.25) is 0 Å². The molecular formula is C11H26NO+. The summed E-state index contributed by atoms with van der Waals surface area (Å²) in [4.78, 5) is 0. The van der Waals surface area contributed by atoms with E-state index in [1.807, 2.05) is 0 Å². The molecule has 0 heterocycles. The first-order valence-corrected chi connectivity index (χ1v) is 5.67. The van der Waals surface area contributed by atoms with Crippen LogP contribution in [-0.2, 0) is 0 Å². The average molecular weight is 188 g/mol. The van der Waals surface area contributed by atoms with Gasteiger partial charge in [0.25, 0.3) is 0 Å². The Morgan fingerprint density at radius 1 is 1.00 bits per heavy atom. The Morgan fingerprint density at radius 3 is 1.77 bits per heavy atom. The van der Waals surface area contributed by atoms with E-state index in [2.05, 4.69) is 27.7 Å². The van der Waals surface area contributed by atoms with Crippen LogP contribution in [0.25, 0.3) is 0 Å². The van der Waals surface area contributed by atoms with E-state index < -0.39 is 0 Å². The van der Waals surface area contributed by atoms with Crippen molar-refractivity contribution < 1.29 is 9.59 Å². The summed E-state index contributed by atoms with van der Waals surface area (Å²) in [7, 11) is 0. The molecule has 0 spiro atoms. The normalized spacial score (nSPS) is 14.5. The molecule has 0 aromatic carbocycles. The quantitative estimate of drug-likeness (QED) is 0.606. The van der Waals surface area contributed by atoms with Crippen molar-refractivity contribution in [3.8, 4) is 0 Å². The molecule has 0 aliphatic heterocycles. The Bertz CT molecular complexity index is 113. The smallest absolute Gasteiger partial charge is 0.105 e. The minimum atomic E-state index is -0.107.